The number of anilines is 1. The molecule has 1 aromatic heterocycles. The second-order valence-corrected chi connectivity index (χ2v) is 7.06. The quantitative estimate of drug-likeness (QED) is 0.599. The number of nitrogens with one attached hydrogen (secondary N) is 1. The van der Waals surface area contributed by atoms with Crippen LogP contribution < -0.4 is 14.8 Å². The monoisotopic (exact) mass is 398 g/mol. The Bertz CT molecular complexity index is 1010. The molecular weight excluding hydrogens is 379 g/mol. The van der Waals surface area contributed by atoms with Crippen LogP contribution in [-0.2, 0) is 4.79 Å². The fraction of sp³-hybridized carbons (Fsp3) is 0.143. The Morgan fingerprint density at radius 2 is 1.89 bits per heavy atom. The largest absolute Gasteiger partial charge is 0.497 e. The van der Waals surface area contributed by atoms with Crippen molar-refractivity contribution in [2.45, 2.75) is 6.92 Å². The minimum absolute atomic E-state index is 0.302. The molecule has 0 aliphatic carbocycles. The van der Waals surface area contributed by atoms with Gasteiger partial charge < -0.3 is 9.47 Å². The third-order valence-corrected chi connectivity index (χ3v) is 4.89. The molecule has 1 amide bonds. The predicted octanol–water partition coefficient (Wildman–Crippen LogP) is 4.93. The van der Waals surface area contributed by atoms with E-state index in [-0.39, 0.29) is 11.7 Å². The average molecular weight is 398 g/mol. The normalized spacial score (nSPS) is 10.9. The molecule has 0 spiro atoms. The van der Waals surface area contributed by atoms with Crippen molar-refractivity contribution in [3.8, 4) is 22.8 Å². The topological polar surface area (TPSA) is 60.5 Å². The number of hydrogen-bond acceptors (Lipinski definition) is 5. The van der Waals surface area contributed by atoms with E-state index < -0.39 is 0 Å². The van der Waals surface area contributed by atoms with E-state index in [9.17, 15) is 9.18 Å². The van der Waals surface area contributed by atoms with Gasteiger partial charge in [-0.1, -0.05) is 0 Å². The van der Waals surface area contributed by atoms with Gasteiger partial charge in [-0.25, -0.2) is 9.37 Å². The molecule has 5 nitrogen and oxygen atoms in total. The summed E-state index contributed by atoms with van der Waals surface area (Å²) in [6, 6.07) is 11.4. The molecule has 28 heavy (non-hydrogen) atoms. The molecule has 7 heteroatoms. The molecule has 3 aromatic rings. The van der Waals surface area contributed by atoms with Gasteiger partial charge in [0.1, 0.15) is 17.3 Å². The van der Waals surface area contributed by atoms with Crippen molar-refractivity contribution in [3.63, 3.8) is 0 Å². The first-order valence-electron chi connectivity index (χ1n) is 8.44. The standard InChI is InChI=1S/C21H19FN2O3S/c1-13-20(15-4-8-16(22)9-5-15)24-21(28-13)23-19(25)11-7-14-6-10-17(26-2)12-18(14)27-3/h4-12H,1-3H3,(H,23,24,25)/b11-7+. The molecule has 2 aromatic carbocycles. The number of benzene rings is 2. The number of halogens is 1. The number of methoxy groups -OCH3 is 2. The van der Waals surface area contributed by atoms with Crippen LogP contribution in [0.1, 0.15) is 10.4 Å². The Morgan fingerprint density at radius 3 is 2.57 bits per heavy atom. The molecule has 0 saturated carbocycles. The first-order chi connectivity index (χ1) is 13.5. The van der Waals surface area contributed by atoms with Crippen molar-refractivity contribution >= 4 is 28.5 Å². The lowest BCUT2D eigenvalue weighted by Gasteiger charge is -2.07. The van der Waals surface area contributed by atoms with Crippen LogP contribution in [0.5, 0.6) is 11.5 Å². The van der Waals surface area contributed by atoms with E-state index in [0.717, 1.165) is 21.7 Å². The van der Waals surface area contributed by atoms with E-state index >= 15 is 0 Å². The molecule has 0 atom stereocenters. The smallest absolute Gasteiger partial charge is 0.250 e. The molecular formula is C21H19FN2O3S. The van der Waals surface area contributed by atoms with Crippen LogP contribution in [-0.4, -0.2) is 25.1 Å². The summed E-state index contributed by atoms with van der Waals surface area (Å²) in [6.07, 6.45) is 3.08. The van der Waals surface area contributed by atoms with Crippen LogP contribution in [0, 0.1) is 12.7 Å². The fourth-order valence-corrected chi connectivity index (χ4v) is 3.43. The minimum Gasteiger partial charge on any atom is -0.497 e. The van der Waals surface area contributed by atoms with Crippen molar-refractivity contribution in [1.82, 2.24) is 4.98 Å². The lowest BCUT2D eigenvalue weighted by atomic mass is 10.1. The number of nitrogens with zero attached hydrogens (tertiary/aromatic N) is 1. The summed E-state index contributed by atoms with van der Waals surface area (Å²) >= 11 is 1.36. The van der Waals surface area contributed by atoms with Gasteiger partial charge in [0.05, 0.1) is 19.9 Å². The fourth-order valence-electron chi connectivity index (χ4n) is 2.59. The van der Waals surface area contributed by atoms with Crippen LogP contribution in [0.15, 0.2) is 48.5 Å². The molecule has 0 aliphatic rings. The van der Waals surface area contributed by atoms with Gasteiger partial charge in [-0.15, -0.1) is 11.3 Å². The molecule has 0 aliphatic heterocycles. The highest BCUT2D eigenvalue weighted by atomic mass is 32.1. The van der Waals surface area contributed by atoms with E-state index in [1.165, 1.54) is 29.5 Å². The van der Waals surface area contributed by atoms with Crippen molar-refractivity contribution in [2.75, 3.05) is 19.5 Å². The molecule has 3 rings (SSSR count). The van der Waals surface area contributed by atoms with Crippen LogP contribution in [0.2, 0.25) is 0 Å². The van der Waals surface area contributed by atoms with E-state index in [1.54, 1.807) is 44.6 Å². The lowest BCUT2D eigenvalue weighted by molar-refractivity contribution is -0.111. The maximum atomic E-state index is 13.1. The summed E-state index contributed by atoms with van der Waals surface area (Å²) in [6.45, 7) is 1.91. The first-order valence-corrected chi connectivity index (χ1v) is 9.26. The summed E-state index contributed by atoms with van der Waals surface area (Å²) in [5.74, 6) is 0.665. The second kappa shape index (κ2) is 8.67. The minimum atomic E-state index is -0.308. The molecule has 0 saturated heterocycles. The van der Waals surface area contributed by atoms with Crippen molar-refractivity contribution < 1.29 is 18.7 Å². The predicted molar refractivity (Wildman–Crippen MR) is 109 cm³/mol. The van der Waals surface area contributed by atoms with E-state index in [0.29, 0.717) is 16.6 Å². The Kier molecular flexibility index (Phi) is 6.06. The van der Waals surface area contributed by atoms with E-state index in [1.807, 2.05) is 13.0 Å². The second-order valence-electron chi connectivity index (χ2n) is 5.86. The Morgan fingerprint density at radius 1 is 1.14 bits per heavy atom. The number of rotatable bonds is 6. The molecule has 0 fully saturated rings. The Hall–Kier alpha value is -3.19. The SMILES string of the molecule is COc1ccc(/C=C/C(=O)Nc2nc(-c3ccc(F)cc3)c(C)s2)c(OC)c1. The van der Waals surface area contributed by atoms with Gasteiger partial charge in [0.2, 0.25) is 5.91 Å². The number of thiazole rings is 1. The number of carbonyl (C=O) groups is 1. The number of aryl methyl sites for hydroxylation is 1. The molecule has 0 bridgehead atoms. The van der Waals surface area contributed by atoms with Crippen LogP contribution >= 0.6 is 11.3 Å². The highest BCUT2D eigenvalue weighted by Gasteiger charge is 2.11. The molecule has 0 radical (unpaired) electrons. The number of carbonyl (C=O) groups excluding carboxylic acids is 1. The van der Waals surface area contributed by atoms with E-state index in [4.69, 9.17) is 9.47 Å². The zero-order chi connectivity index (χ0) is 20.1. The number of hydrogen-bond donors (Lipinski definition) is 1. The Balaban J connectivity index is 1.73. The van der Waals surface area contributed by atoms with Gasteiger partial charge in [-0.05, 0) is 49.4 Å². The van der Waals surface area contributed by atoms with Gasteiger partial charge in [0, 0.05) is 28.1 Å². The zero-order valence-electron chi connectivity index (χ0n) is 15.7. The van der Waals surface area contributed by atoms with Gasteiger partial charge in [-0.3, -0.25) is 10.1 Å². The van der Waals surface area contributed by atoms with Crippen LogP contribution in [0.4, 0.5) is 9.52 Å². The number of amides is 1. The average Bonchev–Trinajstić information content (AvgIpc) is 3.06. The summed E-state index contributed by atoms with van der Waals surface area (Å²) < 4.78 is 23.6. The Labute approximate surface area is 166 Å². The van der Waals surface area contributed by atoms with Crippen molar-refractivity contribution in [1.29, 1.82) is 0 Å². The van der Waals surface area contributed by atoms with Gasteiger partial charge in [0.25, 0.3) is 0 Å². The molecule has 0 unspecified atom stereocenters. The highest BCUT2D eigenvalue weighted by molar-refractivity contribution is 7.16. The zero-order valence-corrected chi connectivity index (χ0v) is 16.5. The highest BCUT2D eigenvalue weighted by Crippen LogP contribution is 2.30. The van der Waals surface area contributed by atoms with Crippen LogP contribution in [0.25, 0.3) is 17.3 Å². The number of ether oxygens (including phenoxy) is 2. The van der Waals surface area contributed by atoms with Gasteiger partial charge in [-0.2, -0.15) is 0 Å². The van der Waals surface area contributed by atoms with Crippen LogP contribution in [0.3, 0.4) is 0 Å². The van der Waals surface area contributed by atoms with Crippen molar-refractivity contribution in [3.05, 3.63) is 64.8 Å². The van der Waals surface area contributed by atoms with E-state index in [2.05, 4.69) is 10.3 Å². The summed E-state index contributed by atoms with van der Waals surface area (Å²) in [7, 11) is 3.13. The first kappa shape index (κ1) is 19.6. The summed E-state index contributed by atoms with van der Waals surface area (Å²) in [5.41, 5.74) is 2.27. The lowest BCUT2D eigenvalue weighted by Crippen LogP contribution is -2.07. The number of aromatic nitrogens is 1. The third-order valence-electron chi connectivity index (χ3n) is 4.00. The molecule has 1 heterocycles. The third kappa shape index (κ3) is 4.55. The van der Waals surface area contributed by atoms with Gasteiger partial charge >= 0.3 is 0 Å². The van der Waals surface area contributed by atoms with Crippen molar-refractivity contribution in [2.24, 2.45) is 0 Å². The maximum Gasteiger partial charge on any atom is 0.250 e. The summed E-state index contributed by atoms with van der Waals surface area (Å²) in [5, 5.41) is 3.24. The summed E-state index contributed by atoms with van der Waals surface area (Å²) in [4.78, 5) is 17.6. The van der Waals surface area contributed by atoms with Gasteiger partial charge in [0.15, 0.2) is 5.13 Å². The molecule has 1 N–H and O–H groups in total. The molecule has 144 valence electrons. The maximum absolute atomic E-state index is 13.1.